The SMILES string of the molecule is CC1(C)Cc2occc2C(NC(=O)c2ccco2)C1. The molecule has 1 aliphatic carbocycles. The number of carbonyl (C=O) groups is 1. The van der Waals surface area contributed by atoms with Crippen LogP contribution in [0.1, 0.15) is 48.2 Å². The van der Waals surface area contributed by atoms with Gasteiger partial charge in [0.25, 0.3) is 5.91 Å². The minimum absolute atomic E-state index is 0.0184. The normalized spacial score (nSPS) is 20.8. The van der Waals surface area contributed by atoms with E-state index in [2.05, 4.69) is 19.2 Å². The highest BCUT2D eigenvalue weighted by Crippen LogP contribution is 2.41. The number of rotatable bonds is 2. The Hall–Kier alpha value is -1.97. The van der Waals surface area contributed by atoms with E-state index in [1.54, 1.807) is 18.4 Å². The van der Waals surface area contributed by atoms with E-state index in [-0.39, 0.29) is 17.4 Å². The van der Waals surface area contributed by atoms with Gasteiger partial charge in [-0.3, -0.25) is 4.79 Å². The molecule has 1 aliphatic rings. The third-order valence-electron chi connectivity index (χ3n) is 3.60. The van der Waals surface area contributed by atoms with Gasteiger partial charge in [-0.15, -0.1) is 0 Å². The molecule has 3 rings (SSSR count). The molecule has 0 fully saturated rings. The van der Waals surface area contributed by atoms with Gasteiger partial charge < -0.3 is 14.2 Å². The zero-order valence-corrected chi connectivity index (χ0v) is 11.1. The van der Waals surface area contributed by atoms with Crippen LogP contribution in [-0.2, 0) is 6.42 Å². The molecular weight excluding hydrogens is 242 g/mol. The van der Waals surface area contributed by atoms with Gasteiger partial charge >= 0.3 is 0 Å². The molecule has 4 nitrogen and oxygen atoms in total. The van der Waals surface area contributed by atoms with Gasteiger partial charge in [-0.25, -0.2) is 0 Å². The molecule has 1 N–H and O–H groups in total. The zero-order valence-electron chi connectivity index (χ0n) is 11.1. The first-order valence-corrected chi connectivity index (χ1v) is 6.46. The molecule has 1 atom stereocenters. The van der Waals surface area contributed by atoms with Gasteiger partial charge in [-0.1, -0.05) is 13.8 Å². The summed E-state index contributed by atoms with van der Waals surface area (Å²) in [6.07, 6.45) is 5.00. The summed E-state index contributed by atoms with van der Waals surface area (Å²) in [5.74, 6) is 1.13. The van der Waals surface area contributed by atoms with Crippen LogP contribution < -0.4 is 5.32 Å². The van der Waals surface area contributed by atoms with Crippen LogP contribution in [0.5, 0.6) is 0 Å². The smallest absolute Gasteiger partial charge is 0.287 e. The molecule has 1 amide bonds. The van der Waals surface area contributed by atoms with Gasteiger partial charge in [0, 0.05) is 12.0 Å². The molecule has 0 aliphatic heterocycles. The van der Waals surface area contributed by atoms with Crippen molar-refractivity contribution in [2.24, 2.45) is 5.41 Å². The van der Waals surface area contributed by atoms with Gasteiger partial charge in [0.05, 0.1) is 18.6 Å². The molecule has 0 radical (unpaired) electrons. The molecule has 0 saturated carbocycles. The predicted octanol–water partition coefficient (Wildman–Crippen LogP) is 3.32. The molecule has 2 heterocycles. The van der Waals surface area contributed by atoms with Crippen LogP contribution in [0.3, 0.4) is 0 Å². The van der Waals surface area contributed by atoms with E-state index in [9.17, 15) is 4.79 Å². The van der Waals surface area contributed by atoms with Crippen molar-refractivity contribution in [3.63, 3.8) is 0 Å². The lowest BCUT2D eigenvalue weighted by molar-refractivity contribution is 0.0889. The Kier molecular flexibility index (Phi) is 2.73. The zero-order chi connectivity index (χ0) is 13.5. The molecule has 1 unspecified atom stereocenters. The van der Waals surface area contributed by atoms with E-state index in [4.69, 9.17) is 8.83 Å². The van der Waals surface area contributed by atoms with Crippen molar-refractivity contribution in [3.8, 4) is 0 Å². The first-order valence-electron chi connectivity index (χ1n) is 6.46. The summed E-state index contributed by atoms with van der Waals surface area (Å²) in [5.41, 5.74) is 1.20. The quantitative estimate of drug-likeness (QED) is 0.900. The summed E-state index contributed by atoms with van der Waals surface area (Å²) >= 11 is 0. The van der Waals surface area contributed by atoms with E-state index in [0.717, 1.165) is 24.2 Å². The fourth-order valence-corrected chi connectivity index (χ4v) is 2.74. The molecular formula is C15H17NO3. The van der Waals surface area contributed by atoms with E-state index < -0.39 is 0 Å². The molecule has 0 bridgehead atoms. The lowest BCUT2D eigenvalue weighted by Gasteiger charge is -2.34. The monoisotopic (exact) mass is 259 g/mol. The Bertz CT molecular complexity index is 580. The summed E-state index contributed by atoms with van der Waals surface area (Å²) in [6.45, 7) is 4.37. The lowest BCUT2D eigenvalue weighted by Crippen LogP contribution is -2.35. The molecule has 2 aromatic heterocycles. The maximum absolute atomic E-state index is 12.1. The summed E-state index contributed by atoms with van der Waals surface area (Å²) in [7, 11) is 0. The minimum atomic E-state index is -0.181. The van der Waals surface area contributed by atoms with Crippen molar-refractivity contribution in [1.82, 2.24) is 5.32 Å². The van der Waals surface area contributed by atoms with Crippen LogP contribution in [0.25, 0.3) is 0 Å². The number of carbonyl (C=O) groups excluding carboxylic acids is 1. The predicted molar refractivity (Wildman–Crippen MR) is 69.7 cm³/mol. The van der Waals surface area contributed by atoms with Gasteiger partial charge in [-0.05, 0) is 30.0 Å². The van der Waals surface area contributed by atoms with Crippen LogP contribution in [0.4, 0.5) is 0 Å². The topological polar surface area (TPSA) is 55.4 Å². The van der Waals surface area contributed by atoms with Crippen molar-refractivity contribution in [2.75, 3.05) is 0 Å². The molecule has 2 aromatic rings. The summed E-state index contributed by atoms with van der Waals surface area (Å²) in [5, 5.41) is 3.03. The maximum atomic E-state index is 12.1. The van der Waals surface area contributed by atoms with E-state index >= 15 is 0 Å². The number of fused-ring (bicyclic) bond motifs is 1. The Morgan fingerprint density at radius 3 is 2.89 bits per heavy atom. The van der Waals surface area contributed by atoms with E-state index in [0.29, 0.717) is 5.76 Å². The summed E-state index contributed by atoms with van der Waals surface area (Å²) in [6, 6.07) is 5.30. The Labute approximate surface area is 111 Å². The van der Waals surface area contributed by atoms with Crippen LogP contribution in [0, 0.1) is 5.41 Å². The fraction of sp³-hybridized carbons (Fsp3) is 0.400. The number of nitrogens with one attached hydrogen (secondary N) is 1. The molecule has 0 saturated heterocycles. The molecule has 4 heteroatoms. The van der Waals surface area contributed by atoms with Crippen molar-refractivity contribution in [1.29, 1.82) is 0 Å². The second-order valence-electron chi connectivity index (χ2n) is 5.85. The summed E-state index contributed by atoms with van der Waals surface area (Å²) < 4.78 is 10.6. The molecule has 0 aromatic carbocycles. The second kappa shape index (κ2) is 4.30. The third kappa shape index (κ3) is 2.30. The highest BCUT2D eigenvalue weighted by atomic mass is 16.3. The molecule has 19 heavy (non-hydrogen) atoms. The standard InChI is InChI=1S/C15H17NO3/c1-15(2)8-11(10-5-7-19-13(10)9-15)16-14(17)12-4-3-6-18-12/h3-7,11H,8-9H2,1-2H3,(H,16,17). The van der Waals surface area contributed by atoms with Crippen LogP contribution in [0.2, 0.25) is 0 Å². The van der Waals surface area contributed by atoms with Crippen molar-refractivity contribution in [2.45, 2.75) is 32.7 Å². The van der Waals surface area contributed by atoms with Crippen molar-refractivity contribution in [3.05, 3.63) is 47.8 Å². The van der Waals surface area contributed by atoms with Gasteiger partial charge in [0.15, 0.2) is 5.76 Å². The average Bonchev–Trinajstić information content (AvgIpc) is 2.96. The third-order valence-corrected chi connectivity index (χ3v) is 3.60. The van der Waals surface area contributed by atoms with Gasteiger partial charge in [0.2, 0.25) is 0 Å². The average molecular weight is 259 g/mol. The lowest BCUT2D eigenvalue weighted by atomic mass is 9.75. The highest BCUT2D eigenvalue weighted by molar-refractivity contribution is 5.91. The van der Waals surface area contributed by atoms with Gasteiger partial charge in [0.1, 0.15) is 5.76 Å². The molecule has 100 valence electrons. The number of amides is 1. The number of furan rings is 2. The van der Waals surface area contributed by atoms with Gasteiger partial charge in [-0.2, -0.15) is 0 Å². The largest absolute Gasteiger partial charge is 0.469 e. The van der Waals surface area contributed by atoms with E-state index in [1.165, 1.54) is 6.26 Å². The van der Waals surface area contributed by atoms with Crippen molar-refractivity contribution >= 4 is 5.91 Å². The molecule has 0 spiro atoms. The maximum Gasteiger partial charge on any atom is 0.287 e. The number of hydrogen-bond donors (Lipinski definition) is 1. The van der Waals surface area contributed by atoms with Crippen LogP contribution >= 0.6 is 0 Å². The highest BCUT2D eigenvalue weighted by Gasteiger charge is 2.35. The Balaban J connectivity index is 1.84. The van der Waals surface area contributed by atoms with Crippen LogP contribution in [0.15, 0.2) is 39.6 Å². The summed E-state index contributed by atoms with van der Waals surface area (Å²) in [4.78, 5) is 12.1. The van der Waals surface area contributed by atoms with Crippen molar-refractivity contribution < 1.29 is 13.6 Å². The minimum Gasteiger partial charge on any atom is -0.469 e. The first kappa shape index (κ1) is 12.1. The second-order valence-corrected chi connectivity index (χ2v) is 5.85. The number of hydrogen-bond acceptors (Lipinski definition) is 3. The Morgan fingerprint density at radius 2 is 2.16 bits per heavy atom. The Morgan fingerprint density at radius 1 is 1.32 bits per heavy atom. The van der Waals surface area contributed by atoms with Crippen LogP contribution in [-0.4, -0.2) is 5.91 Å². The fourth-order valence-electron chi connectivity index (χ4n) is 2.74. The first-order chi connectivity index (χ1) is 9.05. The van der Waals surface area contributed by atoms with E-state index in [1.807, 2.05) is 6.07 Å².